The second-order valence-electron chi connectivity index (χ2n) is 4.34. The van der Waals surface area contributed by atoms with Crippen LogP contribution >= 0.6 is 0 Å². The van der Waals surface area contributed by atoms with E-state index >= 15 is 0 Å². The molecule has 1 aliphatic heterocycles. The van der Waals surface area contributed by atoms with Gasteiger partial charge in [0.05, 0.1) is 24.0 Å². The van der Waals surface area contributed by atoms with E-state index in [0.29, 0.717) is 6.54 Å². The fourth-order valence-corrected chi connectivity index (χ4v) is 2.11. The molecule has 0 N–H and O–H groups in total. The first-order chi connectivity index (χ1) is 8.72. The predicted molar refractivity (Wildman–Crippen MR) is 64.6 cm³/mol. The zero-order valence-corrected chi connectivity index (χ0v) is 9.67. The molecule has 0 atom stereocenters. The highest BCUT2D eigenvalue weighted by molar-refractivity contribution is 6.05. The Bertz CT molecular complexity index is 639. The Balaban J connectivity index is 1.87. The first kappa shape index (κ1) is 10.8. The summed E-state index contributed by atoms with van der Waals surface area (Å²) in [5.41, 5.74) is 2.59. The highest BCUT2D eigenvalue weighted by atomic mass is 16.2. The molecule has 0 aliphatic carbocycles. The van der Waals surface area contributed by atoms with Gasteiger partial charge < -0.3 is 4.90 Å². The van der Waals surface area contributed by atoms with Gasteiger partial charge in [-0.1, -0.05) is 6.07 Å². The van der Waals surface area contributed by atoms with Gasteiger partial charge in [0, 0.05) is 18.9 Å². The molecule has 0 saturated carbocycles. The Kier molecular flexibility index (Phi) is 2.51. The first-order valence-electron chi connectivity index (χ1n) is 5.71. The van der Waals surface area contributed by atoms with E-state index in [1.165, 1.54) is 0 Å². The normalized spacial score (nSPS) is 15.7. The van der Waals surface area contributed by atoms with E-state index in [9.17, 15) is 9.59 Å². The van der Waals surface area contributed by atoms with Gasteiger partial charge in [0.2, 0.25) is 5.91 Å². The summed E-state index contributed by atoms with van der Waals surface area (Å²) >= 11 is 0. The number of rotatable bonds is 2. The highest BCUT2D eigenvalue weighted by Gasteiger charge is 2.27. The molecule has 3 rings (SSSR count). The topological polar surface area (TPSA) is 63.2 Å². The lowest BCUT2D eigenvalue weighted by atomic mass is 10.2. The van der Waals surface area contributed by atoms with E-state index < -0.39 is 0 Å². The summed E-state index contributed by atoms with van der Waals surface area (Å²) < 4.78 is 0. The number of ketones is 1. The van der Waals surface area contributed by atoms with Crippen LogP contribution in [-0.4, -0.2) is 33.1 Å². The van der Waals surface area contributed by atoms with Crippen LogP contribution < -0.4 is 0 Å². The number of benzene rings is 1. The summed E-state index contributed by atoms with van der Waals surface area (Å²) in [7, 11) is 0. The maximum Gasteiger partial charge on any atom is 0.230 e. The van der Waals surface area contributed by atoms with Gasteiger partial charge in [-0.3, -0.25) is 19.6 Å². The van der Waals surface area contributed by atoms with Crippen molar-refractivity contribution in [3.63, 3.8) is 0 Å². The molecule has 90 valence electrons. The zero-order chi connectivity index (χ0) is 12.5. The number of nitrogens with zero attached hydrogens (tertiary/aromatic N) is 3. The van der Waals surface area contributed by atoms with Crippen molar-refractivity contribution in [3.05, 3.63) is 36.2 Å². The molecule has 1 fully saturated rings. The number of Topliss-reactive ketones (excluding diaryl/α,β-unsaturated/α-hetero) is 1. The van der Waals surface area contributed by atoms with E-state index in [1.807, 2.05) is 18.2 Å². The third kappa shape index (κ3) is 1.95. The SMILES string of the molecule is O=C1CC(=O)N(Cc2ccc3nccnc3c2)C1. The number of aromatic nitrogens is 2. The second kappa shape index (κ2) is 4.18. The molecule has 5 heteroatoms. The van der Waals surface area contributed by atoms with Crippen molar-refractivity contribution < 1.29 is 9.59 Å². The van der Waals surface area contributed by atoms with E-state index in [1.54, 1.807) is 17.3 Å². The summed E-state index contributed by atoms with van der Waals surface area (Å²) in [4.78, 5) is 32.7. The second-order valence-corrected chi connectivity index (χ2v) is 4.34. The Morgan fingerprint density at radius 1 is 1.11 bits per heavy atom. The molecule has 1 amide bonds. The van der Waals surface area contributed by atoms with Gasteiger partial charge in [-0.25, -0.2) is 0 Å². The van der Waals surface area contributed by atoms with E-state index in [0.717, 1.165) is 16.6 Å². The van der Waals surface area contributed by atoms with Crippen molar-refractivity contribution in [2.75, 3.05) is 6.54 Å². The third-order valence-corrected chi connectivity index (χ3v) is 2.98. The molecule has 0 radical (unpaired) electrons. The minimum Gasteiger partial charge on any atom is -0.331 e. The molecule has 5 nitrogen and oxygen atoms in total. The molecule has 1 aromatic carbocycles. The van der Waals surface area contributed by atoms with Gasteiger partial charge in [0.1, 0.15) is 0 Å². The maximum absolute atomic E-state index is 11.5. The van der Waals surface area contributed by atoms with Gasteiger partial charge in [-0.2, -0.15) is 0 Å². The zero-order valence-electron chi connectivity index (χ0n) is 9.67. The minimum absolute atomic E-state index is 0.0134. The largest absolute Gasteiger partial charge is 0.331 e. The third-order valence-electron chi connectivity index (χ3n) is 2.98. The maximum atomic E-state index is 11.5. The predicted octanol–water partition coefficient (Wildman–Crippen LogP) is 0.931. The molecular weight excluding hydrogens is 230 g/mol. The Morgan fingerprint density at radius 3 is 2.61 bits per heavy atom. The summed E-state index contributed by atoms with van der Waals surface area (Å²) in [5, 5.41) is 0. The lowest BCUT2D eigenvalue weighted by Crippen LogP contribution is -2.24. The smallest absolute Gasteiger partial charge is 0.230 e. The van der Waals surface area contributed by atoms with Crippen molar-refractivity contribution in [3.8, 4) is 0 Å². The van der Waals surface area contributed by atoms with Gasteiger partial charge in [0.25, 0.3) is 0 Å². The number of amides is 1. The van der Waals surface area contributed by atoms with Gasteiger partial charge in [-0.05, 0) is 17.7 Å². The molecule has 1 saturated heterocycles. The van der Waals surface area contributed by atoms with E-state index in [-0.39, 0.29) is 24.7 Å². The van der Waals surface area contributed by atoms with E-state index in [2.05, 4.69) is 9.97 Å². The van der Waals surface area contributed by atoms with Crippen molar-refractivity contribution in [1.82, 2.24) is 14.9 Å². The van der Waals surface area contributed by atoms with Crippen LogP contribution in [0.15, 0.2) is 30.6 Å². The summed E-state index contributed by atoms with van der Waals surface area (Å²) in [6.07, 6.45) is 3.31. The molecule has 2 heterocycles. The van der Waals surface area contributed by atoms with Crippen LogP contribution in [0.25, 0.3) is 11.0 Å². The van der Waals surface area contributed by atoms with Crippen LogP contribution in [0.2, 0.25) is 0 Å². The minimum atomic E-state index is -0.0979. The first-order valence-corrected chi connectivity index (χ1v) is 5.71. The number of carbonyl (C=O) groups excluding carboxylic acids is 2. The fraction of sp³-hybridized carbons (Fsp3) is 0.231. The lowest BCUT2D eigenvalue weighted by Gasteiger charge is -2.14. The number of fused-ring (bicyclic) bond motifs is 1. The standard InChI is InChI=1S/C13H11N3O2/c17-10-6-13(18)16(8-10)7-9-1-2-11-12(5-9)15-4-3-14-11/h1-5H,6-8H2. The molecule has 0 spiro atoms. The van der Waals surface area contributed by atoms with Gasteiger partial charge in [-0.15, -0.1) is 0 Å². The summed E-state index contributed by atoms with van der Waals surface area (Å²) in [6.45, 7) is 0.675. The molecule has 18 heavy (non-hydrogen) atoms. The van der Waals surface area contributed by atoms with Crippen LogP contribution in [0.4, 0.5) is 0 Å². The monoisotopic (exact) mass is 241 g/mol. The number of hydrogen-bond acceptors (Lipinski definition) is 4. The van der Waals surface area contributed by atoms with Gasteiger partial charge in [0.15, 0.2) is 5.78 Å². The molecule has 0 bridgehead atoms. The van der Waals surface area contributed by atoms with Crippen LogP contribution in [0.5, 0.6) is 0 Å². The number of likely N-dealkylation sites (tertiary alicyclic amines) is 1. The van der Waals surface area contributed by atoms with Gasteiger partial charge >= 0.3 is 0 Å². The Hall–Kier alpha value is -2.30. The highest BCUT2D eigenvalue weighted by Crippen LogP contribution is 2.15. The van der Waals surface area contributed by atoms with Crippen molar-refractivity contribution in [1.29, 1.82) is 0 Å². The fourth-order valence-electron chi connectivity index (χ4n) is 2.11. The van der Waals surface area contributed by atoms with Crippen LogP contribution in [0.3, 0.4) is 0 Å². The van der Waals surface area contributed by atoms with Crippen molar-refractivity contribution in [2.45, 2.75) is 13.0 Å². The summed E-state index contributed by atoms with van der Waals surface area (Å²) in [5.74, 6) is -0.111. The lowest BCUT2D eigenvalue weighted by molar-refractivity contribution is -0.128. The number of hydrogen-bond donors (Lipinski definition) is 0. The Morgan fingerprint density at radius 2 is 1.89 bits per heavy atom. The molecule has 2 aromatic rings. The molecule has 1 aliphatic rings. The van der Waals surface area contributed by atoms with Crippen molar-refractivity contribution in [2.24, 2.45) is 0 Å². The van der Waals surface area contributed by atoms with E-state index in [4.69, 9.17) is 0 Å². The molecular formula is C13H11N3O2. The van der Waals surface area contributed by atoms with Crippen LogP contribution in [0, 0.1) is 0 Å². The van der Waals surface area contributed by atoms with Crippen LogP contribution in [0.1, 0.15) is 12.0 Å². The average Bonchev–Trinajstić information content (AvgIpc) is 2.68. The van der Waals surface area contributed by atoms with Crippen LogP contribution in [-0.2, 0) is 16.1 Å². The average molecular weight is 241 g/mol. The molecule has 1 aromatic heterocycles. The summed E-state index contributed by atoms with van der Waals surface area (Å²) in [6, 6.07) is 5.69. The number of carbonyl (C=O) groups is 2. The quantitative estimate of drug-likeness (QED) is 0.734. The molecule has 0 unspecified atom stereocenters. The Labute approximate surface area is 103 Å². The van der Waals surface area contributed by atoms with Crippen molar-refractivity contribution >= 4 is 22.7 Å².